The molecular weight excluding hydrogens is 326 g/mol. The highest BCUT2D eigenvalue weighted by Crippen LogP contribution is 2.20. The number of nitrogens with zero attached hydrogens (tertiary/aromatic N) is 2. The van der Waals surface area contributed by atoms with E-state index in [2.05, 4.69) is 26.3 Å². The average molecular weight is 338 g/mol. The van der Waals surface area contributed by atoms with Crippen molar-refractivity contribution >= 4 is 39.1 Å². The fourth-order valence-electron chi connectivity index (χ4n) is 1.56. The summed E-state index contributed by atoms with van der Waals surface area (Å²) in [5, 5.41) is 6.56. The van der Waals surface area contributed by atoms with Crippen molar-refractivity contribution in [2.75, 3.05) is 11.1 Å². The second-order valence-corrected chi connectivity index (χ2v) is 4.94. The number of anilines is 2. The Morgan fingerprint density at radius 1 is 1.40 bits per heavy atom. The Hall–Kier alpha value is -2.35. The first-order valence-electron chi connectivity index (χ1n) is 5.63. The molecule has 0 fully saturated rings. The number of nitrogens with two attached hydrogens (primary N) is 2. The Morgan fingerprint density at radius 3 is 2.80 bits per heavy atom. The Bertz CT molecular complexity index is 668. The molecule has 2 aromatic rings. The highest BCUT2D eigenvalue weighted by molar-refractivity contribution is 9.10. The lowest BCUT2D eigenvalue weighted by molar-refractivity contribution is -0.118. The van der Waals surface area contributed by atoms with E-state index in [4.69, 9.17) is 11.5 Å². The van der Waals surface area contributed by atoms with Gasteiger partial charge in [0.15, 0.2) is 0 Å². The molecule has 1 aromatic carbocycles. The van der Waals surface area contributed by atoms with E-state index >= 15 is 0 Å². The summed E-state index contributed by atoms with van der Waals surface area (Å²) in [6.07, 6.45) is 2.95. The molecule has 8 heteroatoms. The molecule has 0 bridgehead atoms. The van der Waals surface area contributed by atoms with Crippen LogP contribution in [0.5, 0.6) is 0 Å². The molecular formula is C12H12BrN5O2. The van der Waals surface area contributed by atoms with Crippen molar-refractivity contribution in [3.63, 3.8) is 0 Å². The highest BCUT2D eigenvalue weighted by atomic mass is 79.9. The number of hydrogen-bond acceptors (Lipinski definition) is 4. The van der Waals surface area contributed by atoms with Crippen molar-refractivity contribution < 1.29 is 9.59 Å². The highest BCUT2D eigenvalue weighted by Gasteiger charge is 2.09. The molecule has 2 rings (SSSR count). The molecule has 20 heavy (non-hydrogen) atoms. The molecule has 104 valence electrons. The number of hydrogen-bond donors (Lipinski definition) is 3. The monoisotopic (exact) mass is 337 g/mol. The van der Waals surface area contributed by atoms with E-state index in [9.17, 15) is 9.59 Å². The minimum atomic E-state index is -0.508. The fourth-order valence-corrected chi connectivity index (χ4v) is 1.81. The zero-order valence-corrected chi connectivity index (χ0v) is 11.9. The number of carbonyl (C=O) groups excluding carboxylic acids is 2. The molecule has 0 saturated heterocycles. The summed E-state index contributed by atoms with van der Waals surface area (Å²) >= 11 is 3.26. The van der Waals surface area contributed by atoms with Gasteiger partial charge in [-0.05, 0) is 34.1 Å². The lowest BCUT2D eigenvalue weighted by Gasteiger charge is -2.04. The molecule has 0 unspecified atom stereocenters. The number of carbonyl (C=O) groups is 2. The molecule has 2 amide bonds. The minimum Gasteiger partial charge on any atom is -0.398 e. The quantitative estimate of drug-likeness (QED) is 0.720. The Labute approximate surface area is 123 Å². The van der Waals surface area contributed by atoms with Crippen LogP contribution in [0.25, 0.3) is 0 Å². The third kappa shape index (κ3) is 3.35. The number of aromatic nitrogens is 2. The van der Waals surface area contributed by atoms with Gasteiger partial charge in [0.1, 0.15) is 6.54 Å². The maximum Gasteiger partial charge on any atom is 0.255 e. The van der Waals surface area contributed by atoms with Crippen molar-refractivity contribution in [3.8, 4) is 0 Å². The molecule has 0 radical (unpaired) electrons. The van der Waals surface area contributed by atoms with Gasteiger partial charge in [-0.1, -0.05) is 0 Å². The molecule has 7 nitrogen and oxygen atoms in total. The maximum atomic E-state index is 12.0. The lowest BCUT2D eigenvalue weighted by atomic mass is 10.2. The summed E-state index contributed by atoms with van der Waals surface area (Å²) in [5.74, 6) is -0.825. The summed E-state index contributed by atoms with van der Waals surface area (Å²) in [6, 6.07) is 4.90. The van der Waals surface area contributed by atoms with Crippen LogP contribution in [-0.2, 0) is 11.3 Å². The van der Waals surface area contributed by atoms with Crippen LogP contribution in [0.2, 0.25) is 0 Å². The van der Waals surface area contributed by atoms with Crippen LogP contribution in [0, 0.1) is 0 Å². The fraction of sp³-hybridized carbons (Fsp3) is 0.0833. The molecule has 5 N–H and O–H groups in total. The Morgan fingerprint density at radius 2 is 2.15 bits per heavy atom. The standard InChI is InChI=1S/C12H12BrN5O2/c13-9-2-1-7(3-10(9)14)12(20)17-8-4-16-18(5-8)6-11(15)19/h1-5H,6,14H2,(H2,15,19)(H,17,20). The van der Waals surface area contributed by atoms with Crippen molar-refractivity contribution in [1.82, 2.24) is 9.78 Å². The van der Waals surface area contributed by atoms with Gasteiger partial charge in [0.2, 0.25) is 5.91 Å². The van der Waals surface area contributed by atoms with Crippen LogP contribution < -0.4 is 16.8 Å². The van der Waals surface area contributed by atoms with E-state index in [1.165, 1.54) is 17.1 Å². The molecule has 0 atom stereocenters. The Kier molecular flexibility index (Phi) is 4.04. The van der Waals surface area contributed by atoms with Gasteiger partial charge in [0.05, 0.1) is 11.9 Å². The van der Waals surface area contributed by atoms with Gasteiger partial charge in [0.25, 0.3) is 5.91 Å². The zero-order valence-electron chi connectivity index (χ0n) is 10.3. The predicted molar refractivity (Wildman–Crippen MR) is 77.9 cm³/mol. The van der Waals surface area contributed by atoms with Gasteiger partial charge in [-0.2, -0.15) is 5.10 Å². The second kappa shape index (κ2) is 5.74. The van der Waals surface area contributed by atoms with Crippen LogP contribution in [0.15, 0.2) is 35.1 Å². The molecule has 0 saturated carbocycles. The minimum absolute atomic E-state index is 0.0406. The number of nitrogens with one attached hydrogen (secondary N) is 1. The van der Waals surface area contributed by atoms with Gasteiger partial charge in [-0.15, -0.1) is 0 Å². The topological polar surface area (TPSA) is 116 Å². The first-order valence-corrected chi connectivity index (χ1v) is 6.42. The Balaban J connectivity index is 2.09. The van der Waals surface area contributed by atoms with Crippen molar-refractivity contribution in [3.05, 3.63) is 40.6 Å². The van der Waals surface area contributed by atoms with Gasteiger partial charge in [-0.25, -0.2) is 0 Å². The van der Waals surface area contributed by atoms with E-state index in [1.807, 2.05) is 0 Å². The molecule has 0 spiro atoms. The SMILES string of the molecule is NC(=O)Cn1cc(NC(=O)c2ccc(Br)c(N)c2)cn1. The number of nitrogen functional groups attached to an aromatic ring is 1. The number of halogens is 1. The predicted octanol–water partition coefficient (Wildman–Crippen LogP) is 0.965. The van der Waals surface area contributed by atoms with Gasteiger partial charge >= 0.3 is 0 Å². The first kappa shape index (κ1) is 14.1. The van der Waals surface area contributed by atoms with Crippen LogP contribution in [-0.4, -0.2) is 21.6 Å². The van der Waals surface area contributed by atoms with Gasteiger partial charge < -0.3 is 16.8 Å². The van der Waals surface area contributed by atoms with E-state index in [1.54, 1.807) is 18.2 Å². The van der Waals surface area contributed by atoms with Crippen LogP contribution in [0.3, 0.4) is 0 Å². The number of benzene rings is 1. The third-order valence-electron chi connectivity index (χ3n) is 2.47. The number of primary amides is 1. The zero-order chi connectivity index (χ0) is 14.7. The molecule has 1 heterocycles. The third-order valence-corrected chi connectivity index (χ3v) is 3.19. The molecule has 0 aliphatic rings. The maximum absolute atomic E-state index is 12.0. The smallest absolute Gasteiger partial charge is 0.255 e. The average Bonchev–Trinajstić information content (AvgIpc) is 2.79. The number of rotatable bonds is 4. The molecule has 0 aliphatic carbocycles. The summed E-state index contributed by atoms with van der Waals surface area (Å²) < 4.78 is 2.07. The second-order valence-electron chi connectivity index (χ2n) is 4.08. The van der Waals surface area contributed by atoms with E-state index in [0.29, 0.717) is 16.9 Å². The molecule has 0 aliphatic heterocycles. The normalized spacial score (nSPS) is 10.2. The summed E-state index contributed by atoms with van der Waals surface area (Å²) in [4.78, 5) is 22.7. The largest absolute Gasteiger partial charge is 0.398 e. The molecule has 1 aromatic heterocycles. The van der Waals surface area contributed by atoms with Crippen LogP contribution in [0.1, 0.15) is 10.4 Å². The summed E-state index contributed by atoms with van der Waals surface area (Å²) in [5.41, 5.74) is 12.1. The lowest BCUT2D eigenvalue weighted by Crippen LogP contribution is -2.18. The van der Waals surface area contributed by atoms with E-state index < -0.39 is 5.91 Å². The summed E-state index contributed by atoms with van der Waals surface area (Å²) in [6.45, 7) is -0.0406. The van der Waals surface area contributed by atoms with Crippen LogP contribution in [0.4, 0.5) is 11.4 Å². The van der Waals surface area contributed by atoms with E-state index in [0.717, 1.165) is 4.47 Å². The van der Waals surface area contributed by atoms with Gasteiger partial charge in [0, 0.05) is 21.9 Å². The number of amides is 2. The van der Waals surface area contributed by atoms with Crippen molar-refractivity contribution in [1.29, 1.82) is 0 Å². The van der Waals surface area contributed by atoms with Crippen molar-refractivity contribution in [2.24, 2.45) is 5.73 Å². The van der Waals surface area contributed by atoms with Crippen LogP contribution >= 0.6 is 15.9 Å². The summed E-state index contributed by atoms with van der Waals surface area (Å²) in [7, 11) is 0. The first-order chi connectivity index (χ1) is 9.45. The van der Waals surface area contributed by atoms with Gasteiger partial charge in [-0.3, -0.25) is 14.3 Å². The van der Waals surface area contributed by atoms with E-state index in [-0.39, 0.29) is 12.5 Å². The van der Waals surface area contributed by atoms with Crippen molar-refractivity contribution in [2.45, 2.75) is 6.54 Å².